The van der Waals surface area contributed by atoms with Gasteiger partial charge in [-0.2, -0.15) is 0 Å². The molecule has 5 nitrogen and oxygen atoms in total. The number of rotatable bonds is 3. The van der Waals surface area contributed by atoms with Crippen molar-refractivity contribution in [3.8, 4) is 0 Å². The summed E-state index contributed by atoms with van der Waals surface area (Å²) in [5.74, 6) is -0.308. The SMILES string of the molecule is CCOC(=O)c1nc(C2CN(C)CCCN2C)sc1C. The van der Waals surface area contributed by atoms with Crippen molar-refractivity contribution in [1.82, 2.24) is 14.8 Å². The van der Waals surface area contributed by atoms with Crippen LogP contribution in [0.25, 0.3) is 0 Å². The van der Waals surface area contributed by atoms with Gasteiger partial charge in [0.25, 0.3) is 0 Å². The van der Waals surface area contributed by atoms with Crippen LogP contribution in [-0.4, -0.2) is 61.1 Å². The van der Waals surface area contributed by atoms with E-state index in [0.717, 1.165) is 29.5 Å². The average molecular weight is 297 g/mol. The third kappa shape index (κ3) is 3.37. The van der Waals surface area contributed by atoms with Crippen LogP contribution in [0.5, 0.6) is 0 Å². The number of nitrogens with zero attached hydrogens (tertiary/aromatic N) is 3. The van der Waals surface area contributed by atoms with Crippen molar-refractivity contribution in [3.05, 3.63) is 15.6 Å². The van der Waals surface area contributed by atoms with Gasteiger partial charge >= 0.3 is 5.97 Å². The molecule has 0 N–H and O–H groups in total. The van der Waals surface area contributed by atoms with Crippen LogP contribution in [-0.2, 0) is 4.74 Å². The third-order valence-corrected chi connectivity index (χ3v) is 4.71. The number of aryl methyl sites for hydroxylation is 1. The van der Waals surface area contributed by atoms with Gasteiger partial charge in [0.1, 0.15) is 5.01 Å². The summed E-state index contributed by atoms with van der Waals surface area (Å²) in [5.41, 5.74) is 0.479. The van der Waals surface area contributed by atoms with E-state index >= 15 is 0 Å². The van der Waals surface area contributed by atoms with Crippen LogP contribution in [0.4, 0.5) is 0 Å². The van der Waals surface area contributed by atoms with E-state index < -0.39 is 0 Å². The highest BCUT2D eigenvalue weighted by Crippen LogP contribution is 2.29. The standard InChI is InChI=1S/C14H23N3O2S/c1-5-19-14(18)12-10(2)20-13(15-12)11-9-16(3)7-6-8-17(11)4/h11H,5-9H2,1-4H3. The zero-order chi connectivity index (χ0) is 14.7. The highest BCUT2D eigenvalue weighted by molar-refractivity contribution is 7.12. The maximum atomic E-state index is 11.9. The monoisotopic (exact) mass is 297 g/mol. The Morgan fingerprint density at radius 3 is 2.90 bits per heavy atom. The molecule has 20 heavy (non-hydrogen) atoms. The molecule has 6 heteroatoms. The Kier molecular flexibility index (Phi) is 5.12. The topological polar surface area (TPSA) is 45.7 Å². The first-order chi connectivity index (χ1) is 9.52. The molecule has 2 rings (SSSR count). The minimum absolute atomic E-state index is 0.259. The number of thiazole rings is 1. The molecule has 0 bridgehead atoms. The van der Waals surface area contributed by atoms with Gasteiger partial charge in [-0.15, -0.1) is 11.3 Å². The van der Waals surface area contributed by atoms with Gasteiger partial charge in [-0.25, -0.2) is 9.78 Å². The lowest BCUT2D eigenvalue weighted by molar-refractivity contribution is 0.0519. The Morgan fingerprint density at radius 1 is 1.45 bits per heavy atom. The third-order valence-electron chi connectivity index (χ3n) is 3.63. The summed E-state index contributed by atoms with van der Waals surface area (Å²) < 4.78 is 5.06. The van der Waals surface area contributed by atoms with Crippen LogP contribution >= 0.6 is 11.3 Å². The van der Waals surface area contributed by atoms with Gasteiger partial charge < -0.3 is 9.64 Å². The number of esters is 1. The van der Waals surface area contributed by atoms with E-state index in [4.69, 9.17) is 4.74 Å². The molecule has 0 amide bonds. The lowest BCUT2D eigenvalue weighted by atomic mass is 10.2. The summed E-state index contributed by atoms with van der Waals surface area (Å²) in [6.07, 6.45) is 1.17. The fourth-order valence-corrected chi connectivity index (χ4v) is 3.55. The van der Waals surface area contributed by atoms with Gasteiger partial charge in [-0.1, -0.05) is 0 Å². The highest BCUT2D eigenvalue weighted by atomic mass is 32.1. The molecule has 1 saturated heterocycles. The lowest BCUT2D eigenvalue weighted by Gasteiger charge is -2.25. The Bertz CT molecular complexity index is 475. The van der Waals surface area contributed by atoms with Crippen LogP contribution in [0.3, 0.4) is 0 Å². The summed E-state index contributed by atoms with van der Waals surface area (Å²) in [7, 11) is 4.27. The summed E-state index contributed by atoms with van der Waals surface area (Å²) in [6, 6.07) is 0.259. The van der Waals surface area contributed by atoms with Crippen LogP contribution in [0.1, 0.15) is 39.8 Å². The van der Waals surface area contributed by atoms with Gasteiger partial charge in [0, 0.05) is 11.4 Å². The predicted octanol–water partition coefficient (Wildman–Crippen LogP) is 1.94. The largest absolute Gasteiger partial charge is 0.461 e. The second kappa shape index (κ2) is 6.65. The summed E-state index contributed by atoms with van der Waals surface area (Å²) in [5, 5.41) is 1.02. The van der Waals surface area contributed by atoms with E-state index in [2.05, 4.69) is 28.9 Å². The van der Waals surface area contributed by atoms with Crippen molar-refractivity contribution in [2.75, 3.05) is 40.3 Å². The number of hydrogen-bond donors (Lipinski definition) is 0. The lowest BCUT2D eigenvalue weighted by Crippen LogP contribution is -2.30. The van der Waals surface area contributed by atoms with Crippen LogP contribution in [0, 0.1) is 6.92 Å². The molecule has 1 atom stereocenters. The molecule has 0 saturated carbocycles. The maximum Gasteiger partial charge on any atom is 0.358 e. The van der Waals surface area contributed by atoms with Crippen molar-refractivity contribution >= 4 is 17.3 Å². The van der Waals surface area contributed by atoms with E-state index in [9.17, 15) is 4.79 Å². The molecule has 1 fully saturated rings. The molecule has 1 aromatic rings. The number of hydrogen-bond acceptors (Lipinski definition) is 6. The maximum absolute atomic E-state index is 11.9. The molecule has 1 aliphatic rings. The van der Waals surface area contributed by atoms with Crippen LogP contribution in [0.15, 0.2) is 0 Å². The van der Waals surface area contributed by atoms with E-state index in [-0.39, 0.29) is 12.0 Å². The van der Waals surface area contributed by atoms with Crippen molar-refractivity contribution in [2.45, 2.75) is 26.3 Å². The van der Waals surface area contributed by atoms with Crippen molar-refractivity contribution in [1.29, 1.82) is 0 Å². The molecule has 1 aliphatic heterocycles. The Morgan fingerprint density at radius 2 is 2.20 bits per heavy atom. The van der Waals surface area contributed by atoms with Crippen molar-refractivity contribution < 1.29 is 9.53 Å². The summed E-state index contributed by atoms with van der Waals surface area (Å²) in [4.78, 5) is 22.0. The van der Waals surface area contributed by atoms with E-state index in [0.29, 0.717) is 12.3 Å². The molecular weight excluding hydrogens is 274 g/mol. The van der Waals surface area contributed by atoms with Crippen molar-refractivity contribution in [3.63, 3.8) is 0 Å². The highest BCUT2D eigenvalue weighted by Gasteiger charge is 2.27. The molecule has 112 valence electrons. The smallest absolute Gasteiger partial charge is 0.358 e. The molecule has 1 unspecified atom stereocenters. The average Bonchev–Trinajstić information content (AvgIpc) is 2.69. The molecule has 1 aromatic heterocycles. The minimum atomic E-state index is -0.308. The zero-order valence-electron chi connectivity index (χ0n) is 12.7. The second-order valence-corrected chi connectivity index (χ2v) is 6.52. The first kappa shape index (κ1) is 15.4. The van der Waals surface area contributed by atoms with Crippen LogP contribution in [0.2, 0.25) is 0 Å². The van der Waals surface area contributed by atoms with Gasteiger partial charge in [0.15, 0.2) is 5.69 Å². The summed E-state index contributed by atoms with van der Waals surface area (Å²) >= 11 is 1.61. The van der Waals surface area contributed by atoms with Crippen molar-refractivity contribution in [2.24, 2.45) is 0 Å². The fraction of sp³-hybridized carbons (Fsp3) is 0.714. The normalized spacial score (nSPS) is 21.7. The van der Waals surface area contributed by atoms with E-state index in [1.165, 1.54) is 6.42 Å². The number of carbonyl (C=O) groups excluding carboxylic acids is 1. The molecular formula is C14H23N3O2S. The molecule has 0 aromatic carbocycles. The number of ether oxygens (including phenoxy) is 1. The number of aromatic nitrogens is 1. The Hall–Kier alpha value is -0.980. The molecule has 0 radical (unpaired) electrons. The second-order valence-electron chi connectivity index (χ2n) is 5.29. The molecule has 2 heterocycles. The number of carbonyl (C=O) groups is 1. The quantitative estimate of drug-likeness (QED) is 0.798. The van der Waals surface area contributed by atoms with Crippen LogP contribution < -0.4 is 0 Å². The Balaban J connectivity index is 2.23. The van der Waals surface area contributed by atoms with Gasteiger partial charge in [-0.05, 0) is 47.5 Å². The minimum Gasteiger partial charge on any atom is -0.461 e. The van der Waals surface area contributed by atoms with Gasteiger partial charge in [0.05, 0.1) is 12.6 Å². The van der Waals surface area contributed by atoms with E-state index in [1.54, 1.807) is 11.3 Å². The molecule has 0 aliphatic carbocycles. The first-order valence-electron chi connectivity index (χ1n) is 7.06. The van der Waals surface area contributed by atoms with Gasteiger partial charge in [0.2, 0.25) is 0 Å². The zero-order valence-corrected chi connectivity index (χ0v) is 13.5. The Labute approximate surface area is 124 Å². The fourth-order valence-electron chi connectivity index (χ4n) is 2.49. The van der Waals surface area contributed by atoms with E-state index in [1.807, 2.05) is 13.8 Å². The molecule has 0 spiro atoms. The van der Waals surface area contributed by atoms with Gasteiger partial charge in [-0.3, -0.25) is 4.90 Å². The predicted molar refractivity (Wildman–Crippen MR) is 80.3 cm³/mol. The summed E-state index contributed by atoms with van der Waals surface area (Å²) in [6.45, 7) is 7.25. The number of likely N-dealkylation sites (N-methyl/N-ethyl adjacent to an activating group) is 2. The first-order valence-corrected chi connectivity index (χ1v) is 7.87.